The number of hydrogen-bond donors (Lipinski definition) is 0. The molecular weight excluding hydrogens is 245 g/mol. The molecule has 0 aliphatic rings. The van der Waals surface area contributed by atoms with Crippen molar-refractivity contribution in [2.75, 3.05) is 0 Å². The maximum Gasteiger partial charge on any atom is 0.273 e. The van der Waals surface area contributed by atoms with Gasteiger partial charge in [0.15, 0.2) is 0 Å². The average Bonchev–Trinajstić information content (AvgIpc) is 2.63. The predicted octanol–water partition coefficient (Wildman–Crippen LogP) is 2.62. The third-order valence-electron chi connectivity index (χ3n) is 1.98. The summed E-state index contributed by atoms with van der Waals surface area (Å²) >= 11 is 1.23. The first-order valence-electron chi connectivity index (χ1n) is 4.66. The second-order valence-electron chi connectivity index (χ2n) is 3.35. The Balaban J connectivity index is 2.29. The van der Waals surface area contributed by atoms with Crippen LogP contribution in [0.2, 0.25) is 0 Å². The fourth-order valence-electron chi connectivity index (χ4n) is 1.30. The summed E-state index contributed by atoms with van der Waals surface area (Å²) in [6.07, 6.45) is 3.36. The van der Waals surface area contributed by atoms with Crippen molar-refractivity contribution >= 4 is 17.4 Å². The van der Waals surface area contributed by atoms with E-state index < -0.39 is 10.7 Å². The summed E-state index contributed by atoms with van der Waals surface area (Å²) in [7, 11) is 1.76. The first-order valence-corrected chi connectivity index (χ1v) is 5.48. The SMILES string of the molecule is Cn1cc(Sc2cc(F)cc([N+](=O)[O-])c2)cn1. The van der Waals surface area contributed by atoms with Crippen LogP contribution in [0.3, 0.4) is 0 Å². The Morgan fingerprint density at radius 3 is 2.76 bits per heavy atom. The number of nitro benzene ring substituents is 1. The van der Waals surface area contributed by atoms with Gasteiger partial charge in [0.2, 0.25) is 0 Å². The molecule has 0 saturated carbocycles. The van der Waals surface area contributed by atoms with Crippen molar-refractivity contribution in [3.05, 3.63) is 46.5 Å². The van der Waals surface area contributed by atoms with Crippen molar-refractivity contribution in [2.24, 2.45) is 7.05 Å². The van der Waals surface area contributed by atoms with E-state index in [1.165, 1.54) is 23.9 Å². The van der Waals surface area contributed by atoms with E-state index >= 15 is 0 Å². The number of hydrogen-bond acceptors (Lipinski definition) is 4. The van der Waals surface area contributed by atoms with Crippen LogP contribution in [0.25, 0.3) is 0 Å². The number of benzene rings is 1. The highest BCUT2D eigenvalue weighted by Gasteiger charge is 2.11. The van der Waals surface area contributed by atoms with Gasteiger partial charge in [-0.1, -0.05) is 11.8 Å². The fourth-order valence-corrected chi connectivity index (χ4v) is 2.23. The molecule has 2 rings (SSSR count). The summed E-state index contributed by atoms with van der Waals surface area (Å²) in [4.78, 5) is 11.2. The summed E-state index contributed by atoms with van der Waals surface area (Å²) in [5.74, 6) is -0.620. The zero-order valence-corrected chi connectivity index (χ0v) is 9.65. The normalized spacial score (nSPS) is 10.5. The van der Waals surface area contributed by atoms with Gasteiger partial charge >= 0.3 is 0 Å². The fraction of sp³-hybridized carbons (Fsp3) is 0.100. The minimum Gasteiger partial charge on any atom is -0.275 e. The molecule has 0 amide bonds. The first kappa shape index (κ1) is 11.6. The monoisotopic (exact) mass is 253 g/mol. The van der Waals surface area contributed by atoms with Gasteiger partial charge in [-0.15, -0.1) is 0 Å². The highest BCUT2D eigenvalue weighted by Crippen LogP contribution is 2.30. The van der Waals surface area contributed by atoms with Crippen molar-refractivity contribution in [1.82, 2.24) is 9.78 Å². The topological polar surface area (TPSA) is 61.0 Å². The van der Waals surface area contributed by atoms with Crippen LogP contribution < -0.4 is 0 Å². The van der Waals surface area contributed by atoms with Gasteiger partial charge in [0.1, 0.15) is 5.82 Å². The molecule has 0 spiro atoms. The van der Waals surface area contributed by atoms with Crippen LogP contribution in [0, 0.1) is 15.9 Å². The molecule has 2 aromatic rings. The van der Waals surface area contributed by atoms with Crippen LogP contribution in [0.4, 0.5) is 10.1 Å². The van der Waals surface area contributed by atoms with Gasteiger partial charge in [0.25, 0.3) is 5.69 Å². The molecule has 1 heterocycles. The maximum absolute atomic E-state index is 13.2. The van der Waals surface area contributed by atoms with E-state index in [0.717, 1.165) is 11.0 Å². The molecule has 0 N–H and O–H groups in total. The molecule has 0 unspecified atom stereocenters. The van der Waals surface area contributed by atoms with Crippen LogP contribution in [0.1, 0.15) is 0 Å². The van der Waals surface area contributed by atoms with Crippen molar-refractivity contribution in [3.8, 4) is 0 Å². The highest BCUT2D eigenvalue weighted by atomic mass is 32.2. The van der Waals surface area contributed by atoms with E-state index in [1.807, 2.05) is 0 Å². The Hall–Kier alpha value is -1.89. The second kappa shape index (κ2) is 4.54. The number of aryl methyl sites for hydroxylation is 1. The third-order valence-corrected chi connectivity index (χ3v) is 2.90. The maximum atomic E-state index is 13.2. The summed E-state index contributed by atoms with van der Waals surface area (Å²) in [5.41, 5.74) is -0.253. The summed E-state index contributed by atoms with van der Waals surface area (Å²) in [5, 5.41) is 14.5. The average molecular weight is 253 g/mol. The molecule has 17 heavy (non-hydrogen) atoms. The molecule has 0 radical (unpaired) electrons. The number of non-ortho nitro benzene ring substituents is 1. The smallest absolute Gasteiger partial charge is 0.273 e. The number of aromatic nitrogens is 2. The highest BCUT2D eigenvalue weighted by molar-refractivity contribution is 7.99. The Kier molecular flexibility index (Phi) is 3.10. The molecule has 0 aliphatic heterocycles. The molecule has 0 fully saturated rings. The van der Waals surface area contributed by atoms with E-state index in [0.29, 0.717) is 4.90 Å². The van der Waals surface area contributed by atoms with E-state index in [4.69, 9.17) is 0 Å². The van der Waals surface area contributed by atoms with Gasteiger partial charge < -0.3 is 0 Å². The van der Waals surface area contributed by atoms with Crippen LogP contribution in [-0.4, -0.2) is 14.7 Å². The molecule has 5 nitrogen and oxygen atoms in total. The Morgan fingerprint density at radius 2 is 2.18 bits per heavy atom. The Bertz CT molecular complexity index is 570. The number of halogens is 1. The summed E-state index contributed by atoms with van der Waals surface area (Å²) in [6, 6.07) is 3.48. The van der Waals surface area contributed by atoms with Gasteiger partial charge in [-0.25, -0.2) is 4.39 Å². The van der Waals surface area contributed by atoms with Gasteiger partial charge in [-0.3, -0.25) is 14.8 Å². The van der Waals surface area contributed by atoms with Crippen molar-refractivity contribution in [1.29, 1.82) is 0 Å². The number of rotatable bonds is 3. The third kappa shape index (κ3) is 2.82. The minimum absolute atomic E-state index is 0.253. The molecular formula is C10H8FN3O2S. The van der Waals surface area contributed by atoms with E-state index in [9.17, 15) is 14.5 Å². The lowest BCUT2D eigenvalue weighted by atomic mass is 10.3. The largest absolute Gasteiger partial charge is 0.275 e. The van der Waals surface area contributed by atoms with Gasteiger partial charge in [0, 0.05) is 24.2 Å². The number of nitrogens with zero attached hydrogens (tertiary/aromatic N) is 3. The van der Waals surface area contributed by atoms with Crippen LogP contribution >= 0.6 is 11.8 Å². The second-order valence-corrected chi connectivity index (χ2v) is 4.50. The number of nitro groups is 1. The lowest BCUT2D eigenvalue weighted by Crippen LogP contribution is -1.89. The Morgan fingerprint density at radius 1 is 1.41 bits per heavy atom. The van der Waals surface area contributed by atoms with Crippen LogP contribution in [0.5, 0.6) is 0 Å². The molecule has 0 atom stereocenters. The molecule has 1 aromatic carbocycles. The first-order chi connectivity index (χ1) is 8.04. The molecule has 1 aromatic heterocycles. The van der Waals surface area contributed by atoms with Crippen molar-refractivity contribution < 1.29 is 9.31 Å². The predicted molar refractivity (Wildman–Crippen MR) is 60.4 cm³/mol. The lowest BCUT2D eigenvalue weighted by Gasteiger charge is -1.99. The standard InChI is InChI=1S/C10H8FN3O2S/c1-13-6-10(5-12-13)17-9-3-7(11)2-8(4-9)14(15)16/h2-6H,1H3. The molecule has 0 aliphatic carbocycles. The van der Waals surface area contributed by atoms with E-state index in [2.05, 4.69) is 5.10 Å². The van der Waals surface area contributed by atoms with Gasteiger partial charge in [0.05, 0.1) is 22.1 Å². The van der Waals surface area contributed by atoms with E-state index in [-0.39, 0.29) is 5.69 Å². The zero-order valence-electron chi connectivity index (χ0n) is 8.83. The van der Waals surface area contributed by atoms with Gasteiger partial charge in [-0.05, 0) is 6.07 Å². The summed E-state index contributed by atoms with van der Waals surface area (Å²) < 4.78 is 14.8. The molecule has 0 saturated heterocycles. The minimum atomic E-state index is -0.620. The zero-order chi connectivity index (χ0) is 12.4. The Labute approximate surface area is 100 Å². The summed E-state index contributed by atoms with van der Waals surface area (Å²) in [6.45, 7) is 0. The quantitative estimate of drug-likeness (QED) is 0.623. The van der Waals surface area contributed by atoms with Gasteiger partial charge in [-0.2, -0.15) is 5.10 Å². The van der Waals surface area contributed by atoms with Crippen molar-refractivity contribution in [2.45, 2.75) is 9.79 Å². The van der Waals surface area contributed by atoms with Crippen LogP contribution in [-0.2, 0) is 7.05 Å². The van der Waals surface area contributed by atoms with E-state index in [1.54, 1.807) is 24.1 Å². The molecule has 7 heteroatoms. The lowest BCUT2D eigenvalue weighted by molar-refractivity contribution is -0.385. The van der Waals surface area contributed by atoms with Crippen molar-refractivity contribution in [3.63, 3.8) is 0 Å². The molecule has 88 valence electrons. The van der Waals surface area contributed by atoms with Crippen LogP contribution in [0.15, 0.2) is 40.4 Å². The molecule has 0 bridgehead atoms.